The lowest BCUT2D eigenvalue weighted by molar-refractivity contribution is 0.0963. The molecular weight excluding hydrogens is 370 g/mol. The maximum absolute atomic E-state index is 12.1. The number of carbonyl (C=O) groups excluding carboxylic acids is 2. The average Bonchev–Trinajstić information content (AvgIpc) is 2.74. The predicted molar refractivity (Wildman–Crippen MR) is 114 cm³/mol. The molecule has 29 heavy (non-hydrogen) atoms. The molecule has 0 unspecified atom stereocenters. The number of nitrogens with one attached hydrogen (secondary N) is 2. The second kappa shape index (κ2) is 13.6. The molecule has 9 heteroatoms. The van der Waals surface area contributed by atoms with Crippen LogP contribution in [0.4, 0.5) is 5.82 Å². The Bertz CT molecular complexity index is 848. The number of benzene rings is 1. The van der Waals surface area contributed by atoms with E-state index in [1.807, 2.05) is 13.1 Å². The fraction of sp³-hybridized carbons (Fsp3) is 0.250. The summed E-state index contributed by atoms with van der Waals surface area (Å²) in [4.78, 5) is 34.6. The van der Waals surface area contributed by atoms with Crippen LogP contribution in [0.25, 0.3) is 0 Å². The van der Waals surface area contributed by atoms with Crippen molar-refractivity contribution in [2.24, 2.45) is 10.7 Å². The number of hydrogen-bond acceptors (Lipinski definition) is 8. The Morgan fingerprint density at radius 1 is 1.28 bits per heavy atom. The van der Waals surface area contributed by atoms with Gasteiger partial charge >= 0.3 is 0 Å². The van der Waals surface area contributed by atoms with Gasteiger partial charge in [-0.2, -0.15) is 0 Å². The van der Waals surface area contributed by atoms with Gasteiger partial charge in [0.25, 0.3) is 5.91 Å². The normalized spacial score (nSPS) is 10.9. The monoisotopic (exact) mass is 397 g/mol. The van der Waals surface area contributed by atoms with Crippen molar-refractivity contribution in [1.29, 1.82) is 0 Å². The van der Waals surface area contributed by atoms with Gasteiger partial charge in [-0.25, -0.2) is 9.97 Å². The minimum Gasteiger partial charge on any atom is -0.403 e. The van der Waals surface area contributed by atoms with Crippen molar-refractivity contribution in [3.05, 3.63) is 65.4 Å². The Morgan fingerprint density at radius 3 is 2.62 bits per heavy atom. The van der Waals surface area contributed by atoms with Crippen molar-refractivity contribution < 1.29 is 9.59 Å². The molecule has 1 aromatic heterocycles. The van der Waals surface area contributed by atoms with Crippen LogP contribution in [0.15, 0.2) is 53.5 Å². The van der Waals surface area contributed by atoms with E-state index in [0.29, 0.717) is 12.1 Å². The van der Waals surface area contributed by atoms with E-state index in [1.54, 1.807) is 18.2 Å². The molecule has 154 valence electrons. The van der Waals surface area contributed by atoms with Crippen molar-refractivity contribution in [3.63, 3.8) is 0 Å². The second-order valence-corrected chi connectivity index (χ2v) is 5.80. The van der Waals surface area contributed by atoms with Crippen LogP contribution >= 0.6 is 0 Å². The van der Waals surface area contributed by atoms with E-state index in [-0.39, 0.29) is 17.2 Å². The van der Waals surface area contributed by atoms with Crippen LogP contribution in [-0.4, -0.2) is 42.0 Å². The molecule has 0 bridgehead atoms. The lowest BCUT2D eigenvalue weighted by Crippen LogP contribution is -2.26. The first kappa shape index (κ1) is 23.4. The van der Waals surface area contributed by atoms with Crippen LogP contribution in [0, 0.1) is 0 Å². The first-order chi connectivity index (χ1) is 14.0. The van der Waals surface area contributed by atoms with Gasteiger partial charge in [0.2, 0.25) is 0 Å². The van der Waals surface area contributed by atoms with Gasteiger partial charge in [-0.3, -0.25) is 14.6 Å². The molecule has 0 fully saturated rings. The van der Waals surface area contributed by atoms with Gasteiger partial charge in [-0.1, -0.05) is 25.1 Å². The van der Waals surface area contributed by atoms with Crippen LogP contribution in [0.5, 0.6) is 0 Å². The summed E-state index contributed by atoms with van der Waals surface area (Å²) in [5.41, 5.74) is 12.8. The topological polar surface area (TPSA) is 148 Å². The number of amides is 1. The zero-order valence-corrected chi connectivity index (χ0v) is 16.6. The van der Waals surface area contributed by atoms with E-state index in [9.17, 15) is 9.59 Å². The highest BCUT2D eigenvalue weighted by Crippen LogP contribution is 2.05. The van der Waals surface area contributed by atoms with Gasteiger partial charge in [0.1, 0.15) is 6.29 Å². The first-order valence-corrected chi connectivity index (χ1v) is 9.03. The van der Waals surface area contributed by atoms with Gasteiger partial charge in [-0.05, 0) is 31.6 Å². The van der Waals surface area contributed by atoms with E-state index in [1.165, 1.54) is 31.2 Å². The third kappa shape index (κ3) is 8.76. The van der Waals surface area contributed by atoms with Crippen molar-refractivity contribution in [3.8, 4) is 0 Å². The fourth-order valence-corrected chi connectivity index (χ4v) is 2.10. The van der Waals surface area contributed by atoms with Gasteiger partial charge < -0.3 is 22.1 Å². The summed E-state index contributed by atoms with van der Waals surface area (Å²) in [7, 11) is 1.96. The molecule has 0 atom stereocenters. The Balaban J connectivity index is 0.000000749. The minimum atomic E-state index is -0.535. The third-order valence-corrected chi connectivity index (χ3v) is 3.47. The molecule has 1 aromatic carbocycles. The van der Waals surface area contributed by atoms with Crippen LogP contribution in [0.3, 0.4) is 0 Å². The van der Waals surface area contributed by atoms with Crippen LogP contribution in [0.1, 0.15) is 39.8 Å². The molecule has 1 amide bonds. The largest absolute Gasteiger partial charge is 0.403 e. The van der Waals surface area contributed by atoms with Gasteiger partial charge in [-0.15, -0.1) is 0 Å². The lowest BCUT2D eigenvalue weighted by atomic mass is 10.1. The Morgan fingerprint density at radius 2 is 2.03 bits per heavy atom. The third-order valence-electron chi connectivity index (χ3n) is 3.47. The van der Waals surface area contributed by atoms with Gasteiger partial charge in [0, 0.05) is 30.4 Å². The van der Waals surface area contributed by atoms with Crippen LogP contribution in [0.2, 0.25) is 0 Å². The van der Waals surface area contributed by atoms with E-state index in [0.717, 1.165) is 18.4 Å². The molecule has 0 aliphatic heterocycles. The van der Waals surface area contributed by atoms with Crippen molar-refractivity contribution >= 4 is 24.2 Å². The molecule has 0 saturated heterocycles. The smallest absolute Gasteiger partial charge is 0.278 e. The molecule has 2 rings (SSSR count). The molecule has 0 saturated carbocycles. The number of aromatic nitrogens is 2. The minimum absolute atomic E-state index is 0.00364. The maximum atomic E-state index is 12.1. The highest BCUT2D eigenvalue weighted by atomic mass is 16.2. The standard InChI is InChI=1S/C16H16N6O2.C4H11N/c17-7-13(22-16(24)14-15(18)21-5-4-20-14)9-19-8-11-2-1-3-12(6-11)10-23;1-3-4-5-2/h1-7,9-10H,8,17H2,(H2,18,21)(H,22,24);5H,3-4H2,1-2H3/b13-7+,19-9?;. The van der Waals surface area contributed by atoms with Crippen LogP contribution in [-0.2, 0) is 6.54 Å². The zero-order valence-electron chi connectivity index (χ0n) is 16.6. The van der Waals surface area contributed by atoms with E-state index in [2.05, 4.69) is 32.5 Å². The Hall–Kier alpha value is -3.59. The number of aliphatic imine (C=N–C) groups is 1. The quantitative estimate of drug-likeness (QED) is 0.387. The summed E-state index contributed by atoms with van der Waals surface area (Å²) in [5, 5.41) is 5.56. The number of aldehydes is 1. The van der Waals surface area contributed by atoms with E-state index in [4.69, 9.17) is 11.5 Å². The SMILES string of the molecule is CCCNC.N/C=C(\C=NCc1cccc(C=O)c1)NC(=O)c1nccnc1N. The molecule has 0 radical (unpaired) electrons. The number of nitrogens with zero attached hydrogens (tertiary/aromatic N) is 3. The second-order valence-electron chi connectivity index (χ2n) is 5.80. The number of hydrogen-bond donors (Lipinski definition) is 4. The van der Waals surface area contributed by atoms with Crippen LogP contribution < -0.4 is 22.1 Å². The lowest BCUT2D eigenvalue weighted by Gasteiger charge is -2.05. The number of anilines is 1. The number of carbonyl (C=O) groups is 2. The van der Waals surface area contributed by atoms with Crippen molar-refractivity contribution in [1.82, 2.24) is 20.6 Å². The zero-order chi connectivity index (χ0) is 21.5. The predicted octanol–water partition coefficient (Wildman–Crippen LogP) is 1.29. The van der Waals surface area contributed by atoms with Gasteiger partial charge in [0.05, 0.1) is 12.2 Å². The molecule has 2 aromatic rings. The van der Waals surface area contributed by atoms with E-state index >= 15 is 0 Å². The maximum Gasteiger partial charge on any atom is 0.278 e. The summed E-state index contributed by atoms with van der Waals surface area (Å²) >= 11 is 0. The molecule has 1 heterocycles. The molecule has 0 aliphatic rings. The summed E-state index contributed by atoms with van der Waals surface area (Å²) in [6.45, 7) is 3.62. The molecule has 0 aliphatic carbocycles. The Labute approximate surface area is 170 Å². The summed E-state index contributed by atoms with van der Waals surface area (Å²) < 4.78 is 0. The number of nitrogens with two attached hydrogens (primary N) is 2. The first-order valence-electron chi connectivity index (χ1n) is 9.03. The highest BCUT2D eigenvalue weighted by Gasteiger charge is 2.12. The van der Waals surface area contributed by atoms with Gasteiger partial charge in [0.15, 0.2) is 11.5 Å². The molecule has 0 spiro atoms. The van der Waals surface area contributed by atoms with E-state index < -0.39 is 5.91 Å². The summed E-state index contributed by atoms with van der Waals surface area (Å²) in [5.74, 6) is -0.513. The molecular formula is C20H27N7O2. The molecule has 9 nitrogen and oxygen atoms in total. The van der Waals surface area contributed by atoms with Crippen molar-refractivity contribution in [2.45, 2.75) is 19.9 Å². The molecule has 6 N–H and O–H groups in total. The number of allylic oxidation sites excluding steroid dienone is 1. The fourth-order valence-electron chi connectivity index (χ4n) is 2.10. The summed E-state index contributed by atoms with van der Waals surface area (Å²) in [6, 6.07) is 7.05. The highest BCUT2D eigenvalue weighted by molar-refractivity contribution is 6.00. The number of rotatable bonds is 8. The average molecular weight is 397 g/mol. The Kier molecular flexibility index (Phi) is 11.0. The summed E-state index contributed by atoms with van der Waals surface area (Å²) in [6.07, 6.45) is 7.38. The van der Waals surface area contributed by atoms with Crippen molar-refractivity contribution in [2.75, 3.05) is 19.3 Å². The number of nitrogen functional groups attached to an aromatic ring is 1.